The van der Waals surface area contributed by atoms with Crippen molar-refractivity contribution in [2.75, 3.05) is 0 Å². The molecule has 1 aromatic carbocycles. The van der Waals surface area contributed by atoms with Crippen LogP contribution in [-0.2, 0) is 16.0 Å². The van der Waals surface area contributed by atoms with Gasteiger partial charge in [-0.2, -0.15) is 5.10 Å². The van der Waals surface area contributed by atoms with Gasteiger partial charge in [-0.15, -0.1) is 0 Å². The van der Waals surface area contributed by atoms with Crippen LogP contribution in [0.25, 0.3) is 0 Å². The molecule has 0 aliphatic carbocycles. The van der Waals surface area contributed by atoms with Gasteiger partial charge in [0.05, 0.1) is 0 Å². The first-order chi connectivity index (χ1) is 12.4. The highest BCUT2D eigenvalue weighted by atomic mass is 35.5. The second kappa shape index (κ2) is 7.50. The fourth-order valence-corrected chi connectivity index (χ4v) is 3.28. The van der Waals surface area contributed by atoms with Crippen molar-refractivity contribution < 1.29 is 9.59 Å². The second-order valence-corrected chi connectivity index (χ2v) is 7.13. The monoisotopic (exact) mass is 374 g/mol. The van der Waals surface area contributed by atoms with Crippen LogP contribution in [0, 0.1) is 5.92 Å². The number of amides is 2. The molecule has 6 nitrogen and oxygen atoms in total. The molecule has 7 heteroatoms. The number of fused-ring (bicyclic) bond motifs is 1. The molecule has 0 bridgehead atoms. The maximum absolute atomic E-state index is 12.9. The zero-order valence-electron chi connectivity index (χ0n) is 15.1. The Morgan fingerprint density at radius 2 is 2.15 bits per heavy atom. The fraction of sp³-hybridized carbons (Fsp3) is 0.421. The summed E-state index contributed by atoms with van der Waals surface area (Å²) in [6.45, 7) is 5.81. The van der Waals surface area contributed by atoms with Crippen molar-refractivity contribution in [1.82, 2.24) is 15.6 Å². The highest BCUT2D eigenvalue weighted by Gasteiger charge is 2.43. The lowest BCUT2D eigenvalue weighted by Crippen LogP contribution is -2.55. The van der Waals surface area contributed by atoms with E-state index in [1.54, 1.807) is 12.3 Å². The molecule has 1 aromatic rings. The third-order valence-electron chi connectivity index (χ3n) is 4.87. The van der Waals surface area contributed by atoms with E-state index in [4.69, 9.17) is 11.6 Å². The third kappa shape index (κ3) is 3.46. The van der Waals surface area contributed by atoms with Gasteiger partial charge in [-0.3, -0.25) is 9.59 Å². The smallest absolute Gasteiger partial charge is 0.273 e. The van der Waals surface area contributed by atoms with Gasteiger partial charge < -0.3 is 10.6 Å². The SMILES string of the molecule is CCC(C)NC(=O)C1C=NN2C(=O)C(Cc3ccccc3Cl)=C(C)NC12. The van der Waals surface area contributed by atoms with E-state index in [0.29, 0.717) is 17.0 Å². The van der Waals surface area contributed by atoms with Crippen LogP contribution in [0.2, 0.25) is 5.02 Å². The molecule has 0 saturated heterocycles. The molecule has 26 heavy (non-hydrogen) atoms. The Morgan fingerprint density at radius 1 is 1.42 bits per heavy atom. The summed E-state index contributed by atoms with van der Waals surface area (Å²) in [5, 5.41) is 12.4. The van der Waals surface area contributed by atoms with Crippen LogP contribution in [0.15, 0.2) is 40.6 Å². The van der Waals surface area contributed by atoms with Crippen molar-refractivity contribution in [2.45, 2.75) is 45.8 Å². The maximum Gasteiger partial charge on any atom is 0.273 e. The van der Waals surface area contributed by atoms with Crippen molar-refractivity contribution in [2.24, 2.45) is 11.0 Å². The van der Waals surface area contributed by atoms with E-state index in [9.17, 15) is 9.59 Å². The molecule has 2 aliphatic heterocycles. The lowest BCUT2D eigenvalue weighted by Gasteiger charge is -2.34. The molecule has 0 radical (unpaired) electrons. The van der Waals surface area contributed by atoms with E-state index in [1.807, 2.05) is 39.0 Å². The van der Waals surface area contributed by atoms with E-state index < -0.39 is 12.1 Å². The number of benzene rings is 1. The Hall–Kier alpha value is -2.34. The largest absolute Gasteiger partial charge is 0.366 e. The molecule has 3 atom stereocenters. The molecule has 2 heterocycles. The molecular weight excluding hydrogens is 352 g/mol. The van der Waals surface area contributed by atoms with Crippen molar-refractivity contribution in [1.29, 1.82) is 0 Å². The van der Waals surface area contributed by atoms with Crippen LogP contribution in [0.4, 0.5) is 0 Å². The molecule has 0 spiro atoms. The predicted octanol–water partition coefficient (Wildman–Crippen LogP) is 2.44. The summed E-state index contributed by atoms with van der Waals surface area (Å²) in [4.78, 5) is 25.4. The number of nitrogens with zero attached hydrogens (tertiary/aromatic N) is 2. The molecule has 0 fully saturated rings. The van der Waals surface area contributed by atoms with Crippen LogP contribution in [-0.4, -0.2) is 35.2 Å². The number of hydrogen-bond donors (Lipinski definition) is 2. The molecule has 2 N–H and O–H groups in total. The lowest BCUT2D eigenvalue weighted by atomic mass is 9.98. The summed E-state index contributed by atoms with van der Waals surface area (Å²) in [7, 11) is 0. The molecule has 3 unspecified atom stereocenters. The first kappa shape index (κ1) is 18.5. The summed E-state index contributed by atoms with van der Waals surface area (Å²) < 4.78 is 0. The number of nitrogens with one attached hydrogen (secondary N) is 2. The summed E-state index contributed by atoms with van der Waals surface area (Å²) >= 11 is 6.23. The molecule has 2 amide bonds. The van der Waals surface area contributed by atoms with E-state index in [1.165, 1.54) is 5.01 Å². The van der Waals surface area contributed by atoms with Gasteiger partial charge >= 0.3 is 0 Å². The van der Waals surface area contributed by atoms with Crippen LogP contribution in [0.3, 0.4) is 0 Å². The van der Waals surface area contributed by atoms with Crippen LogP contribution in [0.5, 0.6) is 0 Å². The van der Waals surface area contributed by atoms with E-state index in [-0.39, 0.29) is 17.9 Å². The van der Waals surface area contributed by atoms with Crippen molar-refractivity contribution in [3.63, 3.8) is 0 Å². The second-order valence-electron chi connectivity index (χ2n) is 6.72. The molecule has 0 aromatic heterocycles. The summed E-state index contributed by atoms with van der Waals surface area (Å²) in [5.41, 5.74) is 2.24. The van der Waals surface area contributed by atoms with Crippen LogP contribution >= 0.6 is 11.6 Å². The third-order valence-corrected chi connectivity index (χ3v) is 5.24. The Balaban J connectivity index is 1.79. The van der Waals surface area contributed by atoms with Gasteiger partial charge in [0, 0.05) is 35.0 Å². The minimum absolute atomic E-state index is 0.0802. The zero-order chi connectivity index (χ0) is 18.8. The van der Waals surface area contributed by atoms with Gasteiger partial charge in [0.1, 0.15) is 12.1 Å². The Labute approximate surface area is 158 Å². The van der Waals surface area contributed by atoms with Gasteiger partial charge in [0.15, 0.2) is 0 Å². The standard InChI is InChI=1S/C19H23ClN4O2/c1-4-11(2)22-18(25)15-10-21-24-17(15)23-12(3)14(19(24)26)9-13-7-5-6-8-16(13)20/h5-8,10-11,15,17,23H,4,9H2,1-3H3,(H,22,25). The average molecular weight is 375 g/mol. The van der Waals surface area contributed by atoms with Crippen LogP contribution in [0.1, 0.15) is 32.8 Å². The average Bonchev–Trinajstić information content (AvgIpc) is 3.03. The maximum atomic E-state index is 12.9. The highest BCUT2D eigenvalue weighted by Crippen LogP contribution is 2.28. The molecular formula is C19H23ClN4O2. The summed E-state index contributed by atoms with van der Waals surface area (Å²) in [5.74, 6) is -0.829. The number of allylic oxidation sites excluding steroid dienone is 1. The van der Waals surface area contributed by atoms with Crippen molar-refractivity contribution >= 4 is 29.6 Å². The first-order valence-corrected chi connectivity index (χ1v) is 9.18. The number of hydrazone groups is 1. The minimum atomic E-state index is -0.509. The van der Waals surface area contributed by atoms with E-state index in [2.05, 4.69) is 15.7 Å². The van der Waals surface area contributed by atoms with Gasteiger partial charge in [-0.25, -0.2) is 5.01 Å². The predicted molar refractivity (Wildman–Crippen MR) is 102 cm³/mol. The highest BCUT2D eigenvalue weighted by molar-refractivity contribution is 6.31. The van der Waals surface area contributed by atoms with E-state index in [0.717, 1.165) is 17.7 Å². The number of hydrogen-bond acceptors (Lipinski definition) is 4. The molecule has 3 rings (SSSR count). The summed E-state index contributed by atoms with van der Waals surface area (Å²) in [6.07, 6.45) is 2.32. The minimum Gasteiger partial charge on any atom is -0.366 e. The molecule has 138 valence electrons. The number of carbonyl (C=O) groups is 2. The van der Waals surface area contributed by atoms with Crippen LogP contribution < -0.4 is 10.6 Å². The Kier molecular flexibility index (Phi) is 5.32. The Morgan fingerprint density at radius 3 is 2.85 bits per heavy atom. The number of halogens is 1. The normalized spacial score (nSPS) is 22.9. The Bertz CT molecular complexity index is 789. The topological polar surface area (TPSA) is 73.8 Å². The van der Waals surface area contributed by atoms with Gasteiger partial charge in [-0.05, 0) is 31.9 Å². The summed E-state index contributed by atoms with van der Waals surface area (Å²) in [6, 6.07) is 7.54. The molecule has 0 saturated carbocycles. The van der Waals surface area contributed by atoms with Crippen molar-refractivity contribution in [3.8, 4) is 0 Å². The quantitative estimate of drug-likeness (QED) is 0.831. The van der Waals surface area contributed by atoms with Crippen molar-refractivity contribution in [3.05, 3.63) is 46.1 Å². The fourth-order valence-electron chi connectivity index (χ4n) is 3.08. The zero-order valence-corrected chi connectivity index (χ0v) is 15.9. The lowest BCUT2D eigenvalue weighted by molar-refractivity contribution is -0.133. The van der Waals surface area contributed by atoms with E-state index >= 15 is 0 Å². The number of carbonyl (C=O) groups excluding carboxylic acids is 2. The first-order valence-electron chi connectivity index (χ1n) is 8.80. The van der Waals surface area contributed by atoms with Gasteiger partial charge in [0.2, 0.25) is 5.91 Å². The number of rotatable bonds is 5. The molecule has 2 aliphatic rings. The van der Waals surface area contributed by atoms with Gasteiger partial charge in [0.25, 0.3) is 5.91 Å². The van der Waals surface area contributed by atoms with Gasteiger partial charge in [-0.1, -0.05) is 36.7 Å².